The molecule has 1 heterocycles. The Hall–Kier alpha value is -3.11. The molecule has 3 rings (SSSR count). The van der Waals surface area contributed by atoms with Gasteiger partial charge in [0.15, 0.2) is 0 Å². The van der Waals surface area contributed by atoms with Crippen molar-refractivity contribution in [3.63, 3.8) is 0 Å². The Labute approximate surface area is 174 Å². The monoisotopic (exact) mass is 434 g/mol. The second kappa shape index (κ2) is 8.93. The first-order chi connectivity index (χ1) is 13.9. The highest BCUT2D eigenvalue weighted by Gasteiger charge is 2.15. The van der Waals surface area contributed by atoms with Gasteiger partial charge in [-0.25, -0.2) is 0 Å². The smallest absolute Gasteiger partial charge is 0.277 e. The van der Waals surface area contributed by atoms with Crippen LogP contribution in [0.2, 0.25) is 5.02 Å². The van der Waals surface area contributed by atoms with Crippen molar-refractivity contribution in [2.75, 3.05) is 18.2 Å². The summed E-state index contributed by atoms with van der Waals surface area (Å²) in [5, 5.41) is 22.1. The molecule has 0 saturated carbocycles. The summed E-state index contributed by atoms with van der Waals surface area (Å²) in [6.07, 6.45) is 0. The maximum atomic E-state index is 12.3. The van der Waals surface area contributed by atoms with Gasteiger partial charge in [-0.05, 0) is 24.6 Å². The third kappa shape index (κ3) is 5.04. The lowest BCUT2D eigenvalue weighted by Gasteiger charge is -2.11. The molecule has 0 spiro atoms. The number of methoxy groups -OCH3 is 1. The van der Waals surface area contributed by atoms with E-state index in [4.69, 9.17) is 20.8 Å². The Morgan fingerprint density at radius 2 is 2.14 bits per heavy atom. The Bertz CT molecular complexity index is 1070. The van der Waals surface area contributed by atoms with Crippen molar-refractivity contribution >= 4 is 40.6 Å². The Kier molecular flexibility index (Phi) is 6.35. The zero-order chi connectivity index (χ0) is 21.0. The molecule has 0 aliphatic carbocycles. The number of rotatable bonds is 7. The predicted octanol–water partition coefficient (Wildman–Crippen LogP) is 4.35. The average Bonchev–Trinajstić information content (AvgIpc) is 3.18. The van der Waals surface area contributed by atoms with Crippen LogP contribution < -0.4 is 10.1 Å². The van der Waals surface area contributed by atoms with Gasteiger partial charge < -0.3 is 14.5 Å². The van der Waals surface area contributed by atoms with Gasteiger partial charge >= 0.3 is 0 Å². The minimum Gasteiger partial charge on any atom is -0.495 e. The number of amides is 1. The highest BCUT2D eigenvalue weighted by atomic mass is 35.5. The molecule has 0 atom stereocenters. The summed E-state index contributed by atoms with van der Waals surface area (Å²) in [4.78, 5) is 22.6. The predicted molar refractivity (Wildman–Crippen MR) is 108 cm³/mol. The number of ether oxygens (including phenoxy) is 1. The molecule has 0 radical (unpaired) electrons. The molecule has 3 aromatic rings. The number of nitrogens with zero attached hydrogens (tertiary/aromatic N) is 3. The molecule has 29 heavy (non-hydrogen) atoms. The number of aryl methyl sites for hydroxylation is 1. The topological polar surface area (TPSA) is 120 Å². The zero-order valence-corrected chi connectivity index (χ0v) is 16.9. The van der Waals surface area contributed by atoms with Crippen molar-refractivity contribution in [3.8, 4) is 17.2 Å². The average molecular weight is 435 g/mol. The maximum Gasteiger partial charge on any atom is 0.277 e. The van der Waals surface area contributed by atoms with E-state index >= 15 is 0 Å². The number of carbonyl (C=O) groups excluding carboxylic acids is 1. The van der Waals surface area contributed by atoms with Gasteiger partial charge in [0.1, 0.15) is 5.75 Å². The van der Waals surface area contributed by atoms with E-state index in [1.165, 1.54) is 25.3 Å². The van der Waals surface area contributed by atoms with E-state index in [-0.39, 0.29) is 28.5 Å². The lowest BCUT2D eigenvalue weighted by atomic mass is 10.2. The van der Waals surface area contributed by atoms with Crippen LogP contribution in [0.25, 0.3) is 11.5 Å². The number of halogens is 1. The number of carbonyl (C=O) groups is 1. The largest absolute Gasteiger partial charge is 0.495 e. The molecule has 11 heteroatoms. The highest BCUT2D eigenvalue weighted by Crippen LogP contribution is 2.31. The quantitative estimate of drug-likeness (QED) is 0.331. The van der Waals surface area contributed by atoms with Gasteiger partial charge in [0.05, 0.1) is 23.5 Å². The molecule has 0 bridgehead atoms. The number of nitro groups is 1. The number of nitrogens with one attached hydrogen (secondary N) is 1. The van der Waals surface area contributed by atoms with Crippen LogP contribution in [-0.2, 0) is 4.79 Å². The summed E-state index contributed by atoms with van der Waals surface area (Å²) in [7, 11) is 1.49. The fourth-order valence-corrected chi connectivity index (χ4v) is 3.10. The number of aromatic nitrogens is 2. The highest BCUT2D eigenvalue weighted by molar-refractivity contribution is 7.99. The van der Waals surface area contributed by atoms with Crippen molar-refractivity contribution in [2.24, 2.45) is 0 Å². The molecule has 9 nitrogen and oxygen atoms in total. The molecular weight excluding hydrogens is 420 g/mol. The van der Waals surface area contributed by atoms with Crippen LogP contribution in [-0.4, -0.2) is 33.9 Å². The van der Waals surface area contributed by atoms with Crippen molar-refractivity contribution in [3.05, 3.63) is 57.1 Å². The van der Waals surface area contributed by atoms with E-state index in [9.17, 15) is 14.9 Å². The van der Waals surface area contributed by atoms with E-state index in [0.717, 1.165) is 17.3 Å². The van der Waals surface area contributed by atoms with Crippen molar-refractivity contribution in [1.29, 1.82) is 0 Å². The summed E-state index contributed by atoms with van der Waals surface area (Å²) in [5.41, 5.74) is 1.64. The number of anilines is 1. The van der Waals surface area contributed by atoms with Crippen LogP contribution in [0.1, 0.15) is 5.56 Å². The first-order valence-corrected chi connectivity index (χ1v) is 9.59. The molecule has 0 fully saturated rings. The SMILES string of the molecule is COc1cc(Cl)c(C)cc1NC(=O)CSc1nnc(-c2cccc([N+](=O)[O-])c2)o1. The number of hydrogen-bond donors (Lipinski definition) is 1. The fraction of sp³-hybridized carbons (Fsp3) is 0.167. The van der Waals surface area contributed by atoms with Crippen molar-refractivity contribution < 1.29 is 18.9 Å². The summed E-state index contributed by atoms with van der Waals surface area (Å²) in [6.45, 7) is 1.82. The standard InChI is InChI=1S/C18H15ClN4O5S/c1-10-6-14(15(27-2)8-13(10)19)20-16(24)9-29-18-22-21-17(28-18)11-4-3-5-12(7-11)23(25)26/h3-8H,9H2,1-2H3,(H,20,24). The summed E-state index contributed by atoms with van der Waals surface area (Å²) < 4.78 is 10.7. The number of benzene rings is 2. The molecule has 1 amide bonds. The third-order valence-electron chi connectivity index (χ3n) is 3.79. The minimum absolute atomic E-state index is 0.0153. The Morgan fingerprint density at radius 1 is 1.34 bits per heavy atom. The van der Waals surface area contributed by atoms with Crippen LogP contribution in [0.4, 0.5) is 11.4 Å². The lowest BCUT2D eigenvalue weighted by molar-refractivity contribution is -0.384. The van der Waals surface area contributed by atoms with E-state index in [1.54, 1.807) is 18.2 Å². The third-order valence-corrected chi connectivity index (χ3v) is 5.02. The van der Waals surface area contributed by atoms with E-state index in [0.29, 0.717) is 22.0 Å². The summed E-state index contributed by atoms with van der Waals surface area (Å²) >= 11 is 7.10. The van der Waals surface area contributed by atoms with Crippen LogP contribution in [0.15, 0.2) is 46.0 Å². The molecule has 0 aliphatic heterocycles. The lowest BCUT2D eigenvalue weighted by Crippen LogP contribution is -2.15. The first kappa shape index (κ1) is 20.6. The number of non-ortho nitro benzene ring substituents is 1. The van der Waals surface area contributed by atoms with Crippen LogP contribution >= 0.6 is 23.4 Å². The maximum absolute atomic E-state index is 12.3. The molecule has 0 aliphatic rings. The normalized spacial score (nSPS) is 10.6. The Morgan fingerprint density at radius 3 is 2.86 bits per heavy atom. The van der Waals surface area contributed by atoms with Crippen LogP contribution in [0.5, 0.6) is 5.75 Å². The van der Waals surface area contributed by atoms with Gasteiger partial charge in [0.2, 0.25) is 11.8 Å². The van der Waals surface area contributed by atoms with Crippen molar-refractivity contribution in [1.82, 2.24) is 10.2 Å². The van der Waals surface area contributed by atoms with E-state index < -0.39 is 4.92 Å². The fourth-order valence-electron chi connectivity index (χ4n) is 2.38. The van der Waals surface area contributed by atoms with Gasteiger partial charge in [-0.2, -0.15) is 0 Å². The summed E-state index contributed by atoms with van der Waals surface area (Å²) in [6, 6.07) is 9.20. The minimum atomic E-state index is -0.507. The molecule has 1 N–H and O–H groups in total. The van der Waals surface area contributed by atoms with Crippen LogP contribution in [0, 0.1) is 17.0 Å². The van der Waals surface area contributed by atoms with Gasteiger partial charge in [0, 0.05) is 28.8 Å². The van der Waals surface area contributed by atoms with Crippen molar-refractivity contribution in [2.45, 2.75) is 12.1 Å². The first-order valence-electron chi connectivity index (χ1n) is 8.22. The number of hydrogen-bond acceptors (Lipinski definition) is 8. The molecule has 2 aromatic carbocycles. The van der Waals surface area contributed by atoms with E-state index in [1.807, 2.05) is 6.92 Å². The van der Waals surface area contributed by atoms with Gasteiger partial charge in [0.25, 0.3) is 10.9 Å². The molecule has 0 saturated heterocycles. The second-order valence-electron chi connectivity index (χ2n) is 5.82. The molecular formula is C18H15ClN4O5S. The number of thioether (sulfide) groups is 1. The Balaban J connectivity index is 1.64. The second-order valence-corrected chi connectivity index (χ2v) is 7.15. The molecule has 0 unspecified atom stereocenters. The zero-order valence-electron chi connectivity index (χ0n) is 15.3. The van der Waals surface area contributed by atoms with Gasteiger partial charge in [-0.15, -0.1) is 10.2 Å². The van der Waals surface area contributed by atoms with E-state index in [2.05, 4.69) is 15.5 Å². The number of nitro benzene ring substituents is 1. The molecule has 1 aromatic heterocycles. The van der Waals surface area contributed by atoms with Gasteiger partial charge in [-0.3, -0.25) is 14.9 Å². The van der Waals surface area contributed by atoms with Gasteiger partial charge in [-0.1, -0.05) is 29.4 Å². The molecule has 150 valence electrons. The van der Waals surface area contributed by atoms with Crippen LogP contribution in [0.3, 0.4) is 0 Å². The summed E-state index contributed by atoms with van der Waals surface area (Å²) in [5.74, 6) is 0.294.